The van der Waals surface area contributed by atoms with E-state index in [1.165, 1.54) is 11.3 Å². The Balaban J connectivity index is 1.73. The molecule has 7 heteroatoms. The zero-order chi connectivity index (χ0) is 16.4. The standard InChI is InChI=1S/C16H17N3O3S/c1-10-9-23-16(17-10)18-15(21)11-7-14(20)19(8-11)12-5-3-4-6-13(12)22-2/h3-6,9,11H,7-8H2,1-2H3,(H,17,18,21)/t11-/m1/s1. The normalized spacial score (nSPS) is 17.4. The van der Waals surface area contributed by atoms with E-state index in [4.69, 9.17) is 4.74 Å². The van der Waals surface area contributed by atoms with E-state index in [1.807, 2.05) is 30.5 Å². The summed E-state index contributed by atoms with van der Waals surface area (Å²) in [7, 11) is 1.56. The first-order valence-electron chi connectivity index (χ1n) is 7.25. The van der Waals surface area contributed by atoms with Crippen LogP contribution >= 0.6 is 11.3 Å². The lowest BCUT2D eigenvalue weighted by atomic mass is 10.1. The Labute approximate surface area is 138 Å². The van der Waals surface area contributed by atoms with Gasteiger partial charge in [-0.25, -0.2) is 4.98 Å². The van der Waals surface area contributed by atoms with E-state index in [1.54, 1.807) is 18.1 Å². The second-order valence-corrected chi connectivity index (χ2v) is 6.22. The Hall–Kier alpha value is -2.41. The fourth-order valence-electron chi connectivity index (χ4n) is 2.59. The molecule has 23 heavy (non-hydrogen) atoms. The molecule has 1 aromatic carbocycles. The van der Waals surface area contributed by atoms with Crippen molar-refractivity contribution >= 4 is 34.0 Å². The minimum atomic E-state index is -0.392. The molecule has 0 saturated carbocycles. The van der Waals surface area contributed by atoms with E-state index < -0.39 is 5.92 Å². The van der Waals surface area contributed by atoms with Gasteiger partial charge in [-0.15, -0.1) is 11.3 Å². The van der Waals surface area contributed by atoms with E-state index >= 15 is 0 Å². The van der Waals surface area contributed by atoms with Crippen molar-refractivity contribution in [3.05, 3.63) is 35.3 Å². The molecule has 1 saturated heterocycles. The number of methoxy groups -OCH3 is 1. The Morgan fingerprint density at radius 2 is 2.22 bits per heavy atom. The number of amides is 2. The molecule has 1 fully saturated rings. The molecular weight excluding hydrogens is 314 g/mol. The average molecular weight is 331 g/mol. The van der Waals surface area contributed by atoms with E-state index in [-0.39, 0.29) is 18.2 Å². The van der Waals surface area contributed by atoms with Crippen molar-refractivity contribution < 1.29 is 14.3 Å². The third-order valence-electron chi connectivity index (χ3n) is 3.72. The molecule has 1 aromatic heterocycles. The molecule has 2 heterocycles. The number of nitrogens with zero attached hydrogens (tertiary/aromatic N) is 2. The molecule has 0 aliphatic carbocycles. The summed E-state index contributed by atoms with van der Waals surface area (Å²) in [5.41, 5.74) is 1.56. The number of para-hydroxylation sites is 2. The molecule has 2 aromatic rings. The summed E-state index contributed by atoms with van der Waals surface area (Å²) in [6.45, 7) is 2.21. The zero-order valence-electron chi connectivity index (χ0n) is 12.9. The molecule has 1 aliphatic heterocycles. The summed E-state index contributed by atoms with van der Waals surface area (Å²) in [5.74, 6) is -0.0239. The highest BCUT2D eigenvalue weighted by Crippen LogP contribution is 2.33. The highest BCUT2D eigenvalue weighted by atomic mass is 32.1. The van der Waals surface area contributed by atoms with Crippen LogP contribution in [0.4, 0.5) is 10.8 Å². The van der Waals surface area contributed by atoms with Crippen LogP contribution < -0.4 is 15.0 Å². The lowest BCUT2D eigenvalue weighted by Gasteiger charge is -2.19. The monoisotopic (exact) mass is 331 g/mol. The summed E-state index contributed by atoms with van der Waals surface area (Å²) in [5, 5.41) is 5.22. The number of aromatic nitrogens is 1. The number of ether oxygens (including phenoxy) is 1. The van der Waals surface area contributed by atoms with E-state index in [0.717, 1.165) is 5.69 Å². The number of nitrogens with one attached hydrogen (secondary N) is 1. The Kier molecular flexibility index (Phi) is 4.29. The van der Waals surface area contributed by atoms with Gasteiger partial charge in [-0.3, -0.25) is 9.59 Å². The number of carbonyl (C=O) groups is 2. The van der Waals surface area contributed by atoms with Crippen molar-refractivity contribution in [1.29, 1.82) is 0 Å². The lowest BCUT2D eigenvalue weighted by Crippen LogP contribution is -2.28. The fourth-order valence-corrected chi connectivity index (χ4v) is 3.28. The minimum Gasteiger partial charge on any atom is -0.495 e. The molecule has 2 amide bonds. The van der Waals surface area contributed by atoms with Gasteiger partial charge in [0.15, 0.2) is 5.13 Å². The molecule has 0 unspecified atom stereocenters. The number of benzene rings is 1. The molecule has 0 radical (unpaired) electrons. The van der Waals surface area contributed by atoms with Gasteiger partial charge in [-0.2, -0.15) is 0 Å². The Morgan fingerprint density at radius 3 is 2.91 bits per heavy atom. The molecule has 0 bridgehead atoms. The van der Waals surface area contributed by atoms with Gasteiger partial charge >= 0.3 is 0 Å². The predicted octanol–water partition coefficient (Wildman–Crippen LogP) is 2.45. The van der Waals surface area contributed by atoms with Gasteiger partial charge in [0, 0.05) is 18.3 Å². The molecule has 120 valence electrons. The van der Waals surface area contributed by atoms with Crippen molar-refractivity contribution in [2.45, 2.75) is 13.3 Å². The van der Waals surface area contributed by atoms with Crippen LogP contribution in [0.2, 0.25) is 0 Å². The largest absolute Gasteiger partial charge is 0.495 e. The van der Waals surface area contributed by atoms with Gasteiger partial charge in [-0.1, -0.05) is 12.1 Å². The van der Waals surface area contributed by atoms with Crippen LogP contribution in [0.5, 0.6) is 5.75 Å². The number of aryl methyl sites for hydroxylation is 1. The fraction of sp³-hybridized carbons (Fsp3) is 0.312. The second kappa shape index (κ2) is 6.37. The number of anilines is 2. The molecular formula is C16H17N3O3S. The van der Waals surface area contributed by atoms with Crippen LogP contribution in [-0.4, -0.2) is 30.5 Å². The van der Waals surface area contributed by atoms with Crippen LogP contribution in [0, 0.1) is 12.8 Å². The van der Waals surface area contributed by atoms with Crippen molar-refractivity contribution in [1.82, 2.24) is 4.98 Å². The molecule has 1 N–H and O–H groups in total. The number of carbonyl (C=O) groups excluding carboxylic acids is 2. The second-order valence-electron chi connectivity index (χ2n) is 5.36. The number of rotatable bonds is 4. The van der Waals surface area contributed by atoms with E-state index in [0.29, 0.717) is 23.1 Å². The van der Waals surface area contributed by atoms with Crippen LogP contribution in [0.1, 0.15) is 12.1 Å². The smallest absolute Gasteiger partial charge is 0.231 e. The topological polar surface area (TPSA) is 71.5 Å². The predicted molar refractivity (Wildman–Crippen MR) is 88.9 cm³/mol. The van der Waals surface area contributed by atoms with Crippen LogP contribution in [0.25, 0.3) is 0 Å². The first-order valence-corrected chi connectivity index (χ1v) is 8.13. The SMILES string of the molecule is COc1ccccc1N1C[C@H](C(=O)Nc2nc(C)cs2)CC1=O. The van der Waals surface area contributed by atoms with Gasteiger partial charge in [0.2, 0.25) is 11.8 Å². The highest BCUT2D eigenvalue weighted by molar-refractivity contribution is 7.13. The first kappa shape index (κ1) is 15.5. The van der Waals surface area contributed by atoms with Crippen molar-refractivity contribution in [2.24, 2.45) is 5.92 Å². The molecule has 3 rings (SSSR count). The van der Waals surface area contributed by atoms with Gasteiger partial charge in [-0.05, 0) is 19.1 Å². The van der Waals surface area contributed by atoms with Gasteiger partial charge in [0.1, 0.15) is 5.75 Å². The van der Waals surface area contributed by atoms with Crippen molar-refractivity contribution in [3.8, 4) is 5.75 Å². The van der Waals surface area contributed by atoms with E-state index in [2.05, 4.69) is 10.3 Å². The minimum absolute atomic E-state index is 0.0787. The third kappa shape index (κ3) is 3.19. The first-order chi connectivity index (χ1) is 11.1. The van der Waals surface area contributed by atoms with Crippen LogP contribution in [0.3, 0.4) is 0 Å². The number of hydrogen-bond donors (Lipinski definition) is 1. The lowest BCUT2D eigenvalue weighted by molar-refractivity contribution is -0.122. The maximum absolute atomic E-state index is 12.3. The quantitative estimate of drug-likeness (QED) is 0.934. The van der Waals surface area contributed by atoms with Crippen molar-refractivity contribution in [3.63, 3.8) is 0 Å². The zero-order valence-corrected chi connectivity index (χ0v) is 13.7. The van der Waals surface area contributed by atoms with E-state index in [9.17, 15) is 9.59 Å². The molecule has 1 aliphatic rings. The molecule has 6 nitrogen and oxygen atoms in total. The van der Waals surface area contributed by atoms with Gasteiger partial charge in [0.05, 0.1) is 24.4 Å². The molecule has 1 atom stereocenters. The summed E-state index contributed by atoms with van der Waals surface area (Å²) >= 11 is 1.38. The highest BCUT2D eigenvalue weighted by Gasteiger charge is 2.36. The maximum atomic E-state index is 12.3. The summed E-state index contributed by atoms with van der Waals surface area (Å²) in [6.07, 6.45) is 0.189. The van der Waals surface area contributed by atoms with Crippen molar-refractivity contribution in [2.75, 3.05) is 23.9 Å². The van der Waals surface area contributed by atoms with Crippen LogP contribution in [-0.2, 0) is 9.59 Å². The average Bonchev–Trinajstić information content (AvgIpc) is 3.13. The summed E-state index contributed by atoms with van der Waals surface area (Å²) in [4.78, 5) is 30.5. The van der Waals surface area contributed by atoms with Gasteiger partial charge in [0.25, 0.3) is 0 Å². The number of hydrogen-bond acceptors (Lipinski definition) is 5. The Morgan fingerprint density at radius 1 is 1.43 bits per heavy atom. The maximum Gasteiger partial charge on any atom is 0.231 e. The molecule has 0 spiro atoms. The van der Waals surface area contributed by atoms with Crippen LogP contribution in [0.15, 0.2) is 29.6 Å². The van der Waals surface area contributed by atoms with Gasteiger partial charge < -0.3 is 15.0 Å². The Bertz CT molecular complexity index is 744. The third-order valence-corrected chi connectivity index (χ3v) is 4.60. The number of thiazole rings is 1. The summed E-state index contributed by atoms with van der Waals surface area (Å²) in [6, 6.07) is 7.31. The summed E-state index contributed by atoms with van der Waals surface area (Å²) < 4.78 is 5.30.